The maximum absolute atomic E-state index is 12.0. The van der Waals surface area contributed by atoms with Crippen LogP contribution in [0.4, 0.5) is 9.80 Å². The molecule has 1 aromatic heterocycles. The first-order valence-electron chi connectivity index (χ1n) is 5.89. The van der Waals surface area contributed by atoms with Gasteiger partial charge in [0.1, 0.15) is 5.00 Å². The molecule has 0 aliphatic rings. The molecule has 1 aromatic rings. The van der Waals surface area contributed by atoms with Gasteiger partial charge in [0.25, 0.3) is 0 Å². The molecule has 0 saturated carbocycles. The monoisotopic (exact) mass is 270 g/mol. The van der Waals surface area contributed by atoms with Gasteiger partial charge in [0.2, 0.25) is 0 Å². The van der Waals surface area contributed by atoms with E-state index >= 15 is 0 Å². The van der Waals surface area contributed by atoms with E-state index in [1.807, 2.05) is 20.8 Å². The molecule has 5 nitrogen and oxygen atoms in total. The number of carboxylic acids is 1. The Hall–Kier alpha value is -1.56. The Kier molecular flexibility index (Phi) is 5.15. The van der Waals surface area contributed by atoms with Crippen molar-refractivity contribution in [2.45, 2.75) is 33.2 Å². The molecule has 100 valence electrons. The number of anilines is 1. The minimum Gasteiger partial charge on any atom is -0.478 e. The first kappa shape index (κ1) is 14.5. The molecule has 1 rings (SSSR count). The van der Waals surface area contributed by atoms with Gasteiger partial charge in [-0.2, -0.15) is 0 Å². The van der Waals surface area contributed by atoms with Crippen LogP contribution in [0, 0.1) is 0 Å². The third-order valence-electron chi connectivity index (χ3n) is 2.84. The molecule has 0 bridgehead atoms. The quantitative estimate of drug-likeness (QED) is 0.863. The molecular formula is C12H18N2O3S. The molecule has 0 saturated heterocycles. The summed E-state index contributed by atoms with van der Waals surface area (Å²) < 4.78 is 0. The number of thiophene rings is 1. The van der Waals surface area contributed by atoms with Crippen LogP contribution in [0.5, 0.6) is 0 Å². The number of urea groups is 1. The average molecular weight is 270 g/mol. The molecular weight excluding hydrogens is 252 g/mol. The number of aromatic carboxylic acids is 1. The molecule has 2 amide bonds. The Morgan fingerprint density at radius 1 is 1.50 bits per heavy atom. The fourth-order valence-electron chi connectivity index (χ4n) is 1.62. The van der Waals surface area contributed by atoms with Gasteiger partial charge < -0.3 is 10.0 Å². The number of amides is 2. The molecule has 0 fully saturated rings. The van der Waals surface area contributed by atoms with Crippen LogP contribution in [0.15, 0.2) is 11.4 Å². The highest BCUT2D eigenvalue weighted by atomic mass is 32.1. The lowest BCUT2D eigenvalue weighted by Gasteiger charge is -2.27. The van der Waals surface area contributed by atoms with Crippen molar-refractivity contribution in [3.8, 4) is 0 Å². The summed E-state index contributed by atoms with van der Waals surface area (Å²) in [7, 11) is 0. The Balaban J connectivity index is 2.80. The fraction of sp³-hybridized carbons (Fsp3) is 0.500. The molecule has 0 aliphatic heterocycles. The standard InChI is InChI=1S/C12H18N2O3S/c1-4-8(3)14(5-2)12(17)13-10-9(11(15)16)6-7-18-10/h6-8H,4-5H2,1-3H3,(H,13,17)(H,15,16). The Bertz CT molecular complexity index is 431. The molecule has 6 heteroatoms. The van der Waals surface area contributed by atoms with Gasteiger partial charge in [0.15, 0.2) is 0 Å². The number of hydrogen-bond donors (Lipinski definition) is 2. The first-order valence-corrected chi connectivity index (χ1v) is 6.77. The molecule has 1 unspecified atom stereocenters. The Morgan fingerprint density at radius 2 is 2.17 bits per heavy atom. The summed E-state index contributed by atoms with van der Waals surface area (Å²) in [5, 5.41) is 13.7. The second kappa shape index (κ2) is 6.39. The maximum atomic E-state index is 12.0. The van der Waals surface area contributed by atoms with E-state index in [1.165, 1.54) is 17.4 Å². The topological polar surface area (TPSA) is 69.6 Å². The van der Waals surface area contributed by atoms with Crippen LogP contribution in [0.3, 0.4) is 0 Å². The Morgan fingerprint density at radius 3 is 2.67 bits per heavy atom. The van der Waals surface area contributed by atoms with Crippen molar-refractivity contribution < 1.29 is 14.7 Å². The van der Waals surface area contributed by atoms with Crippen LogP contribution in [-0.4, -0.2) is 34.6 Å². The smallest absolute Gasteiger partial charge is 0.338 e. The number of rotatable bonds is 5. The van der Waals surface area contributed by atoms with E-state index in [0.29, 0.717) is 11.5 Å². The zero-order chi connectivity index (χ0) is 13.7. The summed E-state index contributed by atoms with van der Waals surface area (Å²) in [5.41, 5.74) is 0.133. The van der Waals surface area contributed by atoms with Crippen molar-refractivity contribution in [3.63, 3.8) is 0 Å². The molecule has 2 N–H and O–H groups in total. The van der Waals surface area contributed by atoms with Gasteiger partial charge in [-0.1, -0.05) is 6.92 Å². The number of nitrogens with one attached hydrogen (secondary N) is 1. The van der Waals surface area contributed by atoms with E-state index in [-0.39, 0.29) is 17.6 Å². The van der Waals surface area contributed by atoms with E-state index < -0.39 is 5.97 Å². The summed E-state index contributed by atoms with van der Waals surface area (Å²) in [4.78, 5) is 24.7. The lowest BCUT2D eigenvalue weighted by atomic mass is 10.2. The minimum atomic E-state index is -1.03. The predicted octanol–water partition coefficient (Wildman–Crippen LogP) is 3.10. The van der Waals surface area contributed by atoms with Crippen LogP contribution in [0.1, 0.15) is 37.6 Å². The fourth-order valence-corrected chi connectivity index (χ4v) is 2.39. The minimum absolute atomic E-state index is 0.128. The molecule has 0 aliphatic carbocycles. The number of hydrogen-bond acceptors (Lipinski definition) is 3. The van der Waals surface area contributed by atoms with Crippen LogP contribution in [-0.2, 0) is 0 Å². The van der Waals surface area contributed by atoms with Crippen LogP contribution < -0.4 is 5.32 Å². The van der Waals surface area contributed by atoms with E-state index in [4.69, 9.17) is 5.11 Å². The van der Waals surface area contributed by atoms with E-state index in [1.54, 1.807) is 10.3 Å². The number of carbonyl (C=O) groups excluding carboxylic acids is 1. The van der Waals surface area contributed by atoms with E-state index in [0.717, 1.165) is 6.42 Å². The van der Waals surface area contributed by atoms with Gasteiger partial charge in [-0.3, -0.25) is 5.32 Å². The highest BCUT2D eigenvalue weighted by Crippen LogP contribution is 2.23. The van der Waals surface area contributed by atoms with Crippen molar-refractivity contribution in [1.82, 2.24) is 4.90 Å². The molecule has 1 atom stereocenters. The summed E-state index contributed by atoms with van der Waals surface area (Å²) >= 11 is 1.21. The third kappa shape index (κ3) is 3.22. The van der Waals surface area contributed by atoms with E-state index in [2.05, 4.69) is 5.32 Å². The van der Waals surface area contributed by atoms with Crippen molar-refractivity contribution in [1.29, 1.82) is 0 Å². The SMILES string of the molecule is CCC(C)N(CC)C(=O)Nc1sccc1C(=O)O. The molecule has 0 spiro atoms. The van der Waals surface area contributed by atoms with Gasteiger partial charge in [0, 0.05) is 12.6 Å². The van der Waals surface area contributed by atoms with Crippen molar-refractivity contribution in [2.75, 3.05) is 11.9 Å². The zero-order valence-corrected chi connectivity index (χ0v) is 11.6. The van der Waals surface area contributed by atoms with Crippen LogP contribution >= 0.6 is 11.3 Å². The second-order valence-electron chi connectivity index (χ2n) is 3.94. The van der Waals surface area contributed by atoms with Gasteiger partial charge in [-0.25, -0.2) is 9.59 Å². The van der Waals surface area contributed by atoms with Gasteiger partial charge in [-0.05, 0) is 31.7 Å². The number of carbonyl (C=O) groups is 2. The normalized spacial score (nSPS) is 11.9. The molecule has 1 heterocycles. The summed E-state index contributed by atoms with van der Waals surface area (Å²) in [6.45, 7) is 6.47. The predicted molar refractivity (Wildman–Crippen MR) is 72.4 cm³/mol. The largest absolute Gasteiger partial charge is 0.478 e. The molecule has 0 radical (unpaired) electrons. The van der Waals surface area contributed by atoms with Crippen LogP contribution in [0.25, 0.3) is 0 Å². The lowest BCUT2D eigenvalue weighted by molar-refractivity contribution is 0.0698. The number of nitrogens with zero attached hydrogens (tertiary/aromatic N) is 1. The molecule has 0 aromatic carbocycles. The first-order chi connectivity index (χ1) is 8.51. The van der Waals surface area contributed by atoms with Gasteiger partial charge >= 0.3 is 12.0 Å². The highest BCUT2D eigenvalue weighted by molar-refractivity contribution is 7.14. The highest BCUT2D eigenvalue weighted by Gasteiger charge is 2.20. The van der Waals surface area contributed by atoms with Crippen LogP contribution in [0.2, 0.25) is 0 Å². The second-order valence-corrected chi connectivity index (χ2v) is 4.86. The summed E-state index contributed by atoms with van der Waals surface area (Å²) in [5.74, 6) is -1.03. The van der Waals surface area contributed by atoms with Gasteiger partial charge in [0.05, 0.1) is 5.56 Å². The van der Waals surface area contributed by atoms with E-state index in [9.17, 15) is 9.59 Å². The Labute approximate surface area is 110 Å². The third-order valence-corrected chi connectivity index (χ3v) is 3.67. The van der Waals surface area contributed by atoms with Crippen molar-refractivity contribution >= 4 is 28.3 Å². The molecule has 18 heavy (non-hydrogen) atoms. The maximum Gasteiger partial charge on any atom is 0.338 e. The number of carboxylic acid groups (broad SMARTS) is 1. The summed E-state index contributed by atoms with van der Waals surface area (Å²) in [6, 6.07) is 1.36. The van der Waals surface area contributed by atoms with Gasteiger partial charge in [-0.15, -0.1) is 11.3 Å². The average Bonchev–Trinajstić information content (AvgIpc) is 2.77. The summed E-state index contributed by atoms with van der Waals surface area (Å²) in [6.07, 6.45) is 0.859. The zero-order valence-electron chi connectivity index (χ0n) is 10.8. The lowest BCUT2D eigenvalue weighted by Crippen LogP contribution is -2.41. The van der Waals surface area contributed by atoms with Crippen molar-refractivity contribution in [3.05, 3.63) is 17.0 Å². The van der Waals surface area contributed by atoms with Crippen molar-refractivity contribution in [2.24, 2.45) is 0 Å².